The van der Waals surface area contributed by atoms with Crippen LogP contribution in [0.4, 0.5) is 18.0 Å². The maximum atomic E-state index is 14.8. The van der Waals surface area contributed by atoms with Gasteiger partial charge in [-0.2, -0.15) is 5.10 Å². The molecule has 0 aliphatic carbocycles. The molecule has 2 heterocycles. The molecule has 0 radical (unpaired) electrons. The van der Waals surface area contributed by atoms with Gasteiger partial charge in [-0.05, 0) is 33.6 Å². The first kappa shape index (κ1) is 21.5. The van der Waals surface area contributed by atoms with Crippen LogP contribution in [-0.4, -0.2) is 53.4 Å². The van der Waals surface area contributed by atoms with Crippen LogP contribution in [0, 0.1) is 5.92 Å². The number of hydrogen-bond acceptors (Lipinski definition) is 5. The van der Waals surface area contributed by atoms with E-state index in [-0.39, 0.29) is 25.9 Å². The lowest BCUT2D eigenvalue weighted by atomic mass is 9.98. The molecular formula is C16H24F3N3O4S. The lowest BCUT2D eigenvalue weighted by Gasteiger charge is -2.34. The molecule has 0 bridgehead atoms. The van der Waals surface area contributed by atoms with Crippen molar-refractivity contribution in [2.24, 2.45) is 13.0 Å². The van der Waals surface area contributed by atoms with Gasteiger partial charge in [-0.3, -0.25) is 4.68 Å². The van der Waals surface area contributed by atoms with Crippen molar-refractivity contribution in [3.05, 3.63) is 11.8 Å². The van der Waals surface area contributed by atoms with Crippen molar-refractivity contribution in [2.45, 2.75) is 56.2 Å². The Morgan fingerprint density at radius 1 is 1.26 bits per heavy atom. The molecule has 0 spiro atoms. The number of alkyl halides is 3. The molecular weight excluding hydrogens is 387 g/mol. The van der Waals surface area contributed by atoms with Crippen LogP contribution in [0.15, 0.2) is 11.1 Å². The molecule has 1 aromatic rings. The third-order valence-electron chi connectivity index (χ3n) is 4.23. The Hall–Kier alpha value is -1.78. The molecule has 1 aromatic heterocycles. The number of aromatic nitrogens is 2. The Morgan fingerprint density at radius 2 is 1.81 bits per heavy atom. The Labute approximate surface area is 156 Å². The Morgan fingerprint density at radius 3 is 2.26 bits per heavy atom. The molecule has 11 heteroatoms. The van der Waals surface area contributed by atoms with Crippen LogP contribution in [-0.2, 0) is 21.6 Å². The molecule has 1 fully saturated rings. The van der Waals surface area contributed by atoms with E-state index in [0.717, 1.165) is 4.68 Å². The zero-order chi connectivity index (χ0) is 20.6. The Kier molecular flexibility index (Phi) is 6.13. The van der Waals surface area contributed by atoms with Gasteiger partial charge in [0.1, 0.15) is 11.3 Å². The van der Waals surface area contributed by atoms with Crippen molar-refractivity contribution in [2.75, 3.05) is 13.1 Å². The Balaban J connectivity index is 2.06. The summed E-state index contributed by atoms with van der Waals surface area (Å²) in [6.45, 7) is 5.49. The van der Waals surface area contributed by atoms with E-state index in [1.165, 1.54) is 11.9 Å². The fourth-order valence-corrected chi connectivity index (χ4v) is 4.59. The maximum Gasteiger partial charge on any atom is 0.410 e. The number of likely N-dealkylation sites (tertiary alicyclic amines) is 1. The number of amides is 1. The SMILES string of the molecule is Cn1nc(C(F)F)cc1S(=O)(=O)C(F)C1CCN(C(=O)OC(C)(C)C)CC1. The molecule has 1 aliphatic heterocycles. The highest BCUT2D eigenvalue weighted by Gasteiger charge is 2.40. The fraction of sp³-hybridized carbons (Fsp3) is 0.750. The van der Waals surface area contributed by atoms with Gasteiger partial charge in [0.25, 0.3) is 6.43 Å². The molecule has 1 atom stereocenters. The number of rotatable bonds is 4. The second-order valence-corrected chi connectivity index (χ2v) is 9.49. The highest BCUT2D eigenvalue weighted by atomic mass is 32.2. The first-order chi connectivity index (χ1) is 12.3. The van der Waals surface area contributed by atoms with E-state index in [1.54, 1.807) is 20.8 Å². The molecule has 1 aliphatic rings. The number of sulfone groups is 1. The third-order valence-corrected chi connectivity index (χ3v) is 6.17. The number of nitrogens with zero attached hydrogens (tertiary/aromatic N) is 3. The second-order valence-electron chi connectivity index (χ2n) is 7.53. The normalized spacial score (nSPS) is 18.0. The first-order valence-corrected chi connectivity index (χ1v) is 10.1. The number of carbonyl (C=O) groups is 1. The fourth-order valence-electron chi connectivity index (χ4n) is 2.88. The number of hydrogen-bond donors (Lipinski definition) is 0. The summed E-state index contributed by atoms with van der Waals surface area (Å²) in [5.41, 5.74) is -3.65. The van der Waals surface area contributed by atoms with Crippen molar-refractivity contribution in [3.8, 4) is 0 Å². The molecule has 7 nitrogen and oxygen atoms in total. The van der Waals surface area contributed by atoms with Crippen molar-refractivity contribution < 1.29 is 31.1 Å². The summed E-state index contributed by atoms with van der Waals surface area (Å²) in [5.74, 6) is -0.849. The molecule has 154 valence electrons. The summed E-state index contributed by atoms with van der Waals surface area (Å²) in [4.78, 5) is 13.4. The minimum atomic E-state index is -4.48. The third kappa shape index (κ3) is 4.94. The van der Waals surface area contributed by atoms with Gasteiger partial charge in [0.05, 0.1) is 0 Å². The zero-order valence-corrected chi connectivity index (χ0v) is 16.5. The van der Waals surface area contributed by atoms with Gasteiger partial charge in [-0.1, -0.05) is 0 Å². The van der Waals surface area contributed by atoms with Crippen molar-refractivity contribution >= 4 is 15.9 Å². The predicted molar refractivity (Wildman–Crippen MR) is 90.8 cm³/mol. The highest BCUT2D eigenvalue weighted by molar-refractivity contribution is 7.91. The summed E-state index contributed by atoms with van der Waals surface area (Å²) < 4.78 is 71.2. The average Bonchev–Trinajstić information content (AvgIpc) is 2.95. The van der Waals surface area contributed by atoms with E-state index in [4.69, 9.17) is 4.74 Å². The van der Waals surface area contributed by atoms with Crippen molar-refractivity contribution in [1.82, 2.24) is 14.7 Å². The molecule has 1 unspecified atom stereocenters. The van der Waals surface area contributed by atoms with Gasteiger partial charge in [0.15, 0.2) is 5.03 Å². The highest BCUT2D eigenvalue weighted by Crippen LogP contribution is 2.31. The second kappa shape index (κ2) is 7.69. The van der Waals surface area contributed by atoms with Crippen LogP contribution in [0.25, 0.3) is 0 Å². The predicted octanol–water partition coefficient (Wildman–Crippen LogP) is 3.07. The minimum absolute atomic E-state index is 0.124. The average molecular weight is 411 g/mol. The number of piperidine rings is 1. The zero-order valence-electron chi connectivity index (χ0n) is 15.7. The summed E-state index contributed by atoms with van der Waals surface area (Å²) in [6.07, 6.45) is -3.24. The van der Waals surface area contributed by atoms with Gasteiger partial charge in [-0.15, -0.1) is 0 Å². The van der Waals surface area contributed by atoms with E-state index < -0.39 is 50.1 Å². The van der Waals surface area contributed by atoms with Crippen molar-refractivity contribution in [1.29, 1.82) is 0 Å². The van der Waals surface area contributed by atoms with Crippen LogP contribution in [0.3, 0.4) is 0 Å². The van der Waals surface area contributed by atoms with Crippen molar-refractivity contribution in [3.63, 3.8) is 0 Å². The van der Waals surface area contributed by atoms with Crippen LogP contribution in [0.5, 0.6) is 0 Å². The summed E-state index contributed by atoms with van der Waals surface area (Å²) in [6, 6.07) is 0.697. The van der Waals surface area contributed by atoms with E-state index in [2.05, 4.69) is 5.10 Å². The summed E-state index contributed by atoms with van der Waals surface area (Å²) in [7, 11) is -3.31. The monoisotopic (exact) mass is 411 g/mol. The quantitative estimate of drug-likeness (QED) is 0.761. The Bertz CT molecular complexity index is 781. The van der Waals surface area contributed by atoms with Gasteiger partial charge in [0.2, 0.25) is 15.3 Å². The lowest BCUT2D eigenvalue weighted by molar-refractivity contribution is 0.0166. The van der Waals surface area contributed by atoms with Crippen LogP contribution >= 0.6 is 0 Å². The molecule has 0 aromatic carbocycles. The standard InChI is InChI=1S/C16H24F3N3O4S/c1-16(2,3)26-15(23)22-7-5-10(6-8-22)14(19)27(24,25)12-9-11(13(17)18)20-21(12)4/h9-10,13-14H,5-8H2,1-4H3. The van der Waals surface area contributed by atoms with E-state index in [9.17, 15) is 26.4 Å². The molecule has 1 saturated heterocycles. The number of ether oxygens (including phenoxy) is 1. The van der Waals surface area contributed by atoms with Gasteiger partial charge < -0.3 is 9.64 Å². The number of carbonyl (C=O) groups excluding carboxylic acids is 1. The van der Waals surface area contributed by atoms with Gasteiger partial charge in [-0.25, -0.2) is 26.4 Å². The topological polar surface area (TPSA) is 81.5 Å². The van der Waals surface area contributed by atoms with E-state index >= 15 is 0 Å². The van der Waals surface area contributed by atoms with Gasteiger partial charge in [0, 0.05) is 32.1 Å². The lowest BCUT2D eigenvalue weighted by Crippen LogP contribution is -2.44. The molecule has 1 amide bonds. The van der Waals surface area contributed by atoms with E-state index in [0.29, 0.717) is 6.07 Å². The molecule has 2 rings (SSSR count). The van der Waals surface area contributed by atoms with Gasteiger partial charge >= 0.3 is 6.09 Å². The first-order valence-electron chi connectivity index (χ1n) is 8.51. The van der Waals surface area contributed by atoms with Crippen LogP contribution in [0.2, 0.25) is 0 Å². The molecule has 0 saturated carbocycles. The number of aryl methyl sites for hydroxylation is 1. The van der Waals surface area contributed by atoms with E-state index in [1.807, 2.05) is 0 Å². The summed E-state index contributed by atoms with van der Waals surface area (Å²) >= 11 is 0. The largest absolute Gasteiger partial charge is 0.444 e. The summed E-state index contributed by atoms with van der Waals surface area (Å²) in [5, 5.41) is 2.84. The van der Waals surface area contributed by atoms with Crippen LogP contribution < -0.4 is 0 Å². The molecule has 0 N–H and O–H groups in total. The maximum absolute atomic E-state index is 14.8. The van der Waals surface area contributed by atoms with Crippen LogP contribution in [0.1, 0.15) is 45.7 Å². The molecule has 27 heavy (non-hydrogen) atoms. The smallest absolute Gasteiger partial charge is 0.410 e. The minimum Gasteiger partial charge on any atom is -0.444 e. The number of halogens is 3.